The van der Waals surface area contributed by atoms with Crippen molar-refractivity contribution in [2.24, 2.45) is 0 Å². The molecule has 0 aromatic heterocycles. The van der Waals surface area contributed by atoms with E-state index in [1.165, 1.54) is 6.07 Å². The Morgan fingerprint density at radius 1 is 1.20 bits per heavy atom. The van der Waals surface area contributed by atoms with Crippen molar-refractivity contribution >= 4 is 11.4 Å². The van der Waals surface area contributed by atoms with Crippen molar-refractivity contribution in [2.45, 2.75) is 26.7 Å². The van der Waals surface area contributed by atoms with Gasteiger partial charge in [-0.3, -0.25) is 4.79 Å². The minimum Gasteiger partial charge on any atom is -0.295 e. The van der Waals surface area contributed by atoms with E-state index in [4.69, 9.17) is 0 Å². The predicted molar refractivity (Wildman–Crippen MR) is 58.1 cm³/mol. The van der Waals surface area contributed by atoms with E-state index in [1.807, 2.05) is 19.9 Å². The summed E-state index contributed by atoms with van der Waals surface area (Å²) in [7, 11) is 0. The lowest BCUT2D eigenvalue weighted by atomic mass is 9.97. The van der Waals surface area contributed by atoms with E-state index >= 15 is 0 Å². The minimum absolute atomic E-state index is 0.101. The van der Waals surface area contributed by atoms with Crippen LogP contribution in [0.1, 0.15) is 29.5 Å². The summed E-state index contributed by atoms with van der Waals surface area (Å²) in [4.78, 5) is 11.1. The van der Waals surface area contributed by atoms with Gasteiger partial charge < -0.3 is 0 Å². The molecule has 1 aliphatic carbocycles. The lowest BCUT2D eigenvalue weighted by Gasteiger charge is -2.09. The largest absolute Gasteiger partial charge is 0.295 e. The SMILES string of the molecule is Cc1cc(C)c(C2=CC(=O)CC2)c(F)c1. The van der Waals surface area contributed by atoms with Gasteiger partial charge in [-0.25, -0.2) is 4.39 Å². The number of rotatable bonds is 1. The Balaban J connectivity index is 2.53. The summed E-state index contributed by atoms with van der Waals surface area (Å²) >= 11 is 0. The van der Waals surface area contributed by atoms with E-state index in [1.54, 1.807) is 6.08 Å². The number of carbonyl (C=O) groups is 1. The normalized spacial score (nSPS) is 15.7. The monoisotopic (exact) mass is 204 g/mol. The van der Waals surface area contributed by atoms with Crippen LogP contribution in [0, 0.1) is 19.7 Å². The third-order valence-corrected chi connectivity index (χ3v) is 2.73. The van der Waals surface area contributed by atoms with Crippen molar-refractivity contribution in [3.05, 3.63) is 40.7 Å². The number of hydrogen-bond donors (Lipinski definition) is 0. The maximum Gasteiger partial charge on any atom is 0.156 e. The molecule has 0 heterocycles. The van der Waals surface area contributed by atoms with E-state index < -0.39 is 0 Å². The van der Waals surface area contributed by atoms with Crippen LogP contribution in [0.15, 0.2) is 18.2 Å². The Morgan fingerprint density at radius 3 is 2.47 bits per heavy atom. The van der Waals surface area contributed by atoms with E-state index in [-0.39, 0.29) is 11.6 Å². The molecule has 1 nitrogen and oxygen atoms in total. The molecule has 0 bridgehead atoms. The highest BCUT2D eigenvalue weighted by Gasteiger charge is 2.18. The van der Waals surface area contributed by atoms with Crippen LogP contribution in [-0.4, -0.2) is 5.78 Å². The molecule has 0 N–H and O–H groups in total. The molecule has 0 atom stereocenters. The second-order valence-corrected chi connectivity index (χ2v) is 4.07. The van der Waals surface area contributed by atoms with Gasteiger partial charge in [0.2, 0.25) is 0 Å². The van der Waals surface area contributed by atoms with Crippen molar-refractivity contribution in [3.8, 4) is 0 Å². The molecule has 0 amide bonds. The molecule has 2 heteroatoms. The highest BCUT2D eigenvalue weighted by molar-refractivity contribution is 6.01. The molecule has 0 radical (unpaired) electrons. The highest BCUT2D eigenvalue weighted by Crippen LogP contribution is 2.30. The van der Waals surface area contributed by atoms with Gasteiger partial charge in [0.05, 0.1) is 0 Å². The van der Waals surface area contributed by atoms with E-state index in [2.05, 4.69) is 0 Å². The van der Waals surface area contributed by atoms with Crippen LogP contribution in [-0.2, 0) is 4.79 Å². The third-order valence-electron chi connectivity index (χ3n) is 2.73. The first-order valence-electron chi connectivity index (χ1n) is 5.08. The zero-order chi connectivity index (χ0) is 11.0. The fourth-order valence-electron chi connectivity index (χ4n) is 2.12. The summed E-state index contributed by atoms with van der Waals surface area (Å²) in [6.45, 7) is 3.75. The quantitative estimate of drug-likeness (QED) is 0.686. The number of halogens is 1. The van der Waals surface area contributed by atoms with Crippen LogP contribution in [0.5, 0.6) is 0 Å². The van der Waals surface area contributed by atoms with Crippen molar-refractivity contribution < 1.29 is 9.18 Å². The van der Waals surface area contributed by atoms with Gasteiger partial charge in [-0.15, -0.1) is 0 Å². The van der Waals surface area contributed by atoms with Gasteiger partial charge in [0, 0.05) is 12.0 Å². The molecule has 1 aromatic carbocycles. The van der Waals surface area contributed by atoms with Gasteiger partial charge in [-0.05, 0) is 49.1 Å². The molecule has 15 heavy (non-hydrogen) atoms. The smallest absolute Gasteiger partial charge is 0.156 e. The van der Waals surface area contributed by atoms with Crippen molar-refractivity contribution in [1.82, 2.24) is 0 Å². The predicted octanol–water partition coefficient (Wildman–Crippen LogP) is 3.19. The maximum absolute atomic E-state index is 13.7. The molecule has 0 unspecified atom stereocenters. The molecule has 0 aliphatic heterocycles. The topological polar surface area (TPSA) is 17.1 Å². The summed E-state index contributed by atoms with van der Waals surface area (Å²) in [6.07, 6.45) is 2.75. The Morgan fingerprint density at radius 2 is 1.93 bits per heavy atom. The zero-order valence-electron chi connectivity index (χ0n) is 8.93. The third kappa shape index (κ3) is 1.84. The number of carbonyl (C=O) groups excluding carboxylic acids is 1. The van der Waals surface area contributed by atoms with Gasteiger partial charge >= 0.3 is 0 Å². The van der Waals surface area contributed by atoms with Gasteiger partial charge in [-0.1, -0.05) is 6.07 Å². The highest BCUT2D eigenvalue weighted by atomic mass is 19.1. The molecule has 1 aliphatic rings. The van der Waals surface area contributed by atoms with Crippen molar-refractivity contribution in [3.63, 3.8) is 0 Å². The Bertz CT molecular complexity index is 435. The number of allylic oxidation sites excluding steroid dienone is 2. The zero-order valence-corrected chi connectivity index (χ0v) is 8.93. The van der Waals surface area contributed by atoms with Crippen molar-refractivity contribution in [1.29, 1.82) is 0 Å². The molecule has 78 valence electrons. The molecular weight excluding hydrogens is 191 g/mol. The number of ketones is 1. The molecule has 1 aromatic rings. The summed E-state index contributed by atoms with van der Waals surface area (Å²) in [6, 6.07) is 3.47. The van der Waals surface area contributed by atoms with Gasteiger partial charge in [-0.2, -0.15) is 0 Å². The lowest BCUT2D eigenvalue weighted by molar-refractivity contribution is -0.114. The maximum atomic E-state index is 13.7. The number of benzene rings is 1. The Labute approximate surface area is 88.6 Å². The van der Waals surface area contributed by atoms with Gasteiger partial charge in [0.15, 0.2) is 5.78 Å². The summed E-state index contributed by atoms with van der Waals surface area (Å²) in [5.41, 5.74) is 3.29. The van der Waals surface area contributed by atoms with E-state index in [9.17, 15) is 9.18 Å². The molecular formula is C13H13FO. The van der Waals surface area contributed by atoms with Crippen molar-refractivity contribution in [2.75, 3.05) is 0 Å². The van der Waals surface area contributed by atoms with Gasteiger partial charge in [0.1, 0.15) is 5.82 Å². The van der Waals surface area contributed by atoms with Crippen LogP contribution in [0.2, 0.25) is 0 Å². The number of hydrogen-bond acceptors (Lipinski definition) is 1. The Hall–Kier alpha value is -1.44. The summed E-state index contributed by atoms with van der Waals surface area (Å²) in [5, 5.41) is 0. The fourth-order valence-corrected chi connectivity index (χ4v) is 2.12. The molecule has 0 saturated carbocycles. The standard InChI is InChI=1S/C13H13FO/c1-8-5-9(2)13(12(14)6-8)10-3-4-11(15)7-10/h5-7H,3-4H2,1-2H3. The van der Waals surface area contributed by atoms with Crippen LogP contribution < -0.4 is 0 Å². The summed E-state index contributed by atoms with van der Waals surface area (Å²) < 4.78 is 13.7. The molecule has 0 saturated heterocycles. The second kappa shape index (κ2) is 3.61. The van der Waals surface area contributed by atoms with Gasteiger partial charge in [0.25, 0.3) is 0 Å². The Kier molecular flexibility index (Phi) is 2.43. The van der Waals surface area contributed by atoms with Crippen LogP contribution in [0.3, 0.4) is 0 Å². The first kappa shape index (κ1) is 10.1. The lowest BCUT2D eigenvalue weighted by Crippen LogP contribution is -1.93. The van der Waals surface area contributed by atoms with Crippen LogP contribution in [0.4, 0.5) is 4.39 Å². The first-order valence-corrected chi connectivity index (χ1v) is 5.08. The fraction of sp³-hybridized carbons (Fsp3) is 0.308. The molecule has 0 fully saturated rings. The van der Waals surface area contributed by atoms with E-state index in [0.717, 1.165) is 16.7 Å². The average Bonchev–Trinajstić information content (AvgIpc) is 2.49. The summed E-state index contributed by atoms with van der Waals surface area (Å²) in [5.74, 6) is -0.113. The first-order chi connectivity index (χ1) is 7.08. The van der Waals surface area contributed by atoms with E-state index in [0.29, 0.717) is 18.4 Å². The molecule has 0 spiro atoms. The average molecular weight is 204 g/mol. The minimum atomic E-state index is -0.214. The number of aryl methyl sites for hydroxylation is 2. The molecule has 2 rings (SSSR count). The second-order valence-electron chi connectivity index (χ2n) is 4.07. The van der Waals surface area contributed by atoms with Crippen LogP contribution in [0.25, 0.3) is 5.57 Å². The van der Waals surface area contributed by atoms with Crippen LogP contribution >= 0.6 is 0 Å².